The van der Waals surface area contributed by atoms with Gasteiger partial charge in [0.2, 0.25) is 0 Å². The fourth-order valence-electron chi connectivity index (χ4n) is 0.987. The van der Waals surface area contributed by atoms with Crippen molar-refractivity contribution < 1.29 is 0 Å². The lowest BCUT2D eigenvalue weighted by Crippen LogP contribution is -1.98. The maximum Gasteiger partial charge on any atom is 0.0189 e. The lowest BCUT2D eigenvalue weighted by Gasteiger charge is -2.05. The van der Waals surface area contributed by atoms with Crippen molar-refractivity contribution in [1.29, 1.82) is 0 Å². The summed E-state index contributed by atoms with van der Waals surface area (Å²) in [6, 6.07) is 6.22. The first-order chi connectivity index (χ1) is 5.77. The Hall–Kier alpha value is 0.01000. The van der Waals surface area contributed by atoms with Crippen molar-refractivity contribution in [3.05, 3.63) is 28.2 Å². The third kappa shape index (κ3) is 2.51. The molecule has 0 bridgehead atoms. The Morgan fingerprint density at radius 2 is 2.25 bits per heavy atom. The lowest BCUT2D eigenvalue weighted by atomic mass is 10.2. The van der Waals surface area contributed by atoms with Crippen molar-refractivity contribution in [2.24, 2.45) is 5.73 Å². The highest BCUT2D eigenvalue weighted by atomic mass is 79.9. The molecule has 1 rings (SSSR count). The van der Waals surface area contributed by atoms with E-state index in [0.717, 1.165) is 10.2 Å². The first-order valence-corrected chi connectivity index (χ1v) is 5.67. The zero-order valence-electron chi connectivity index (χ0n) is 7.01. The molecule has 0 aliphatic rings. The van der Waals surface area contributed by atoms with Crippen molar-refractivity contribution in [3.8, 4) is 0 Å². The molecule has 0 aromatic heterocycles. The smallest absolute Gasteiger partial charge is 0.0189 e. The minimum absolute atomic E-state index is 0.621. The number of benzene rings is 1. The van der Waals surface area contributed by atoms with Gasteiger partial charge in [0.05, 0.1) is 0 Å². The van der Waals surface area contributed by atoms with Crippen molar-refractivity contribution in [2.45, 2.75) is 18.4 Å². The zero-order chi connectivity index (χ0) is 8.97. The molecule has 0 amide bonds. The van der Waals surface area contributed by atoms with E-state index >= 15 is 0 Å². The van der Waals surface area contributed by atoms with E-state index in [1.54, 1.807) is 0 Å². The number of hydrogen-bond acceptors (Lipinski definition) is 2. The third-order valence-electron chi connectivity index (χ3n) is 1.55. The van der Waals surface area contributed by atoms with Gasteiger partial charge in [-0.1, -0.05) is 28.9 Å². The predicted molar refractivity (Wildman–Crippen MR) is 58.4 cm³/mol. The predicted octanol–water partition coefficient (Wildman–Crippen LogP) is 3.02. The van der Waals surface area contributed by atoms with Crippen molar-refractivity contribution in [1.82, 2.24) is 0 Å². The Bertz CT molecular complexity index is 263. The molecule has 12 heavy (non-hydrogen) atoms. The summed E-state index contributed by atoms with van der Waals surface area (Å²) in [5.41, 5.74) is 6.83. The van der Waals surface area contributed by atoms with E-state index < -0.39 is 0 Å². The van der Waals surface area contributed by atoms with Crippen LogP contribution in [0.3, 0.4) is 0 Å². The number of thioether (sulfide) groups is 1. The second-order valence-corrected chi connectivity index (χ2v) is 4.61. The van der Waals surface area contributed by atoms with Crippen molar-refractivity contribution in [2.75, 3.05) is 5.75 Å². The number of halogens is 1. The molecule has 0 spiro atoms. The molecule has 0 saturated heterocycles. The topological polar surface area (TPSA) is 26.0 Å². The summed E-state index contributed by atoms with van der Waals surface area (Å²) in [7, 11) is 0. The van der Waals surface area contributed by atoms with Crippen LogP contribution in [-0.4, -0.2) is 5.75 Å². The quantitative estimate of drug-likeness (QED) is 0.829. The van der Waals surface area contributed by atoms with Gasteiger partial charge in [-0.25, -0.2) is 0 Å². The molecular formula is C9H12BrNS. The average Bonchev–Trinajstić information content (AvgIpc) is 2.05. The number of rotatable bonds is 3. The molecular weight excluding hydrogens is 234 g/mol. The van der Waals surface area contributed by atoms with Crippen LogP contribution in [0.25, 0.3) is 0 Å². The van der Waals surface area contributed by atoms with Crippen LogP contribution in [0.4, 0.5) is 0 Å². The van der Waals surface area contributed by atoms with E-state index in [9.17, 15) is 0 Å². The summed E-state index contributed by atoms with van der Waals surface area (Å²) in [5, 5.41) is 0. The Kier molecular flexibility index (Phi) is 4.12. The van der Waals surface area contributed by atoms with Crippen LogP contribution in [0, 0.1) is 0 Å². The summed E-state index contributed by atoms with van der Waals surface area (Å²) in [5.74, 6) is 1.09. The fraction of sp³-hybridized carbons (Fsp3) is 0.333. The standard InChI is InChI=1S/C9H12BrNS/c1-2-12-9-5-8(10)4-3-7(9)6-11/h3-5H,2,6,11H2,1H3. The maximum absolute atomic E-state index is 5.60. The molecule has 0 aliphatic heterocycles. The largest absolute Gasteiger partial charge is 0.326 e. The van der Waals surface area contributed by atoms with Gasteiger partial charge in [-0.05, 0) is 23.4 Å². The van der Waals surface area contributed by atoms with Gasteiger partial charge in [0, 0.05) is 15.9 Å². The highest BCUT2D eigenvalue weighted by Gasteiger charge is 2.00. The Morgan fingerprint density at radius 1 is 1.50 bits per heavy atom. The summed E-state index contributed by atoms with van der Waals surface area (Å²) in [6.45, 7) is 2.77. The number of hydrogen-bond donors (Lipinski definition) is 1. The highest BCUT2D eigenvalue weighted by Crippen LogP contribution is 2.25. The van der Waals surface area contributed by atoms with Crippen molar-refractivity contribution in [3.63, 3.8) is 0 Å². The van der Waals surface area contributed by atoms with Crippen LogP contribution in [0.2, 0.25) is 0 Å². The van der Waals surface area contributed by atoms with Crippen LogP contribution in [-0.2, 0) is 6.54 Å². The molecule has 2 N–H and O–H groups in total. The molecule has 0 saturated carbocycles. The Labute approximate surface area is 85.9 Å². The lowest BCUT2D eigenvalue weighted by molar-refractivity contribution is 1.02. The third-order valence-corrected chi connectivity index (χ3v) is 3.02. The number of nitrogens with two attached hydrogens (primary N) is 1. The van der Waals surface area contributed by atoms with Crippen LogP contribution >= 0.6 is 27.7 Å². The molecule has 0 aliphatic carbocycles. The molecule has 0 heterocycles. The normalized spacial score (nSPS) is 10.2. The van der Waals surface area contributed by atoms with E-state index in [1.807, 2.05) is 17.8 Å². The monoisotopic (exact) mass is 245 g/mol. The molecule has 66 valence electrons. The van der Waals surface area contributed by atoms with Gasteiger partial charge in [0.25, 0.3) is 0 Å². The second-order valence-electron chi connectivity index (χ2n) is 2.39. The zero-order valence-corrected chi connectivity index (χ0v) is 9.41. The maximum atomic E-state index is 5.60. The molecule has 0 atom stereocenters. The van der Waals surface area contributed by atoms with Gasteiger partial charge < -0.3 is 5.73 Å². The summed E-state index contributed by atoms with van der Waals surface area (Å²) in [4.78, 5) is 1.29. The van der Waals surface area contributed by atoms with Crippen LogP contribution in [0.5, 0.6) is 0 Å². The van der Waals surface area contributed by atoms with Crippen LogP contribution in [0.15, 0.2) is 27.6 Å². The molecule has 3 heteroatoms. The van der Waals surface area contributed by atoms with E-state index in [-0.39, 0.29) is 0 Å². The van der Waals surface area contributed by atoms with Crippen LogP contribution in [0.1, 0.15) is 12.5 Å². The molecule has 1 aromatic rings. The van der Waals surface area contributed by atoms with Gasteiger partial charge in [0.15, 0.2) is 0 Å². The average molecular weight is 246 g/mol. The van der Waals surface area contributed by atoms with E-state index in [4.69, 9.17) is 5.73 Å². The van der Waals surface area contributed by atoms with Gasteiger partial charge >= 0.3 is 0 Å². The molecule has 1 aromatic carbocycles. The van der Waals surface area contributed by atoms with E-state index in [2.05, 4.69) is 35.0 Å². The first kappa shape index (κ1) is 10.1. The minimum atomic E-state index is 0.621. The molecule has 0 radical (unpaired) electrons. The van der Waals surface area contributed by atoms with Gasteiger partial charge in [-0.2, -0.15) is 0 Å². The molecule has 0 unspecified atom stereocenters. The Balaban J connectivity index is 2.95. The minimum Gasteiger partial charge on any atom is -0.326 e. The summed E-state index contributed by atoms with van der Waals surface area (Å²) < 4.78 is 1.12. The van der Waals surface area contributed by atoms with Gasteiger partial charge in [0.1, 0.15) is 0 Å². The highest BCUT2D eigenvalue weighted by molar-refractivity contribution is 9.10. The van der Waals surface area contributed by atoms with Gasteiger partial charge in [-0.15, -0.1) is 11.8 Å². The summed E-state index contributed by atoms with van der Waals surface area (Å²) >= 11 is 5.27. The fourth-order valence-corrected chi connectivity index (χ4v) is 2.36. The SMILES string of the molecule is CCSc1cc(Br)ccc1CN. The first-order valence-electron chi connectivity index (χ1n) is 3.89. The Morgan fingerprint density at radius 3 is 2.83 bits per heavy atom. The second kappa shape index (κ2) is 4.90. The molecule has 0 fully saturated rings. The van der Waals surface area contributed by atoms with Crippen LogP contribution < -0.4 is 5.73 Å². The van der Waals surface area contributed by atoms with E-state index in [0.29, 0.717) is 6.54 Å². The van der Waals surface area contributed by atoms with E-state index in [1.165, 1.54) is 10.5 Å². The van der Waals surface area contributed by atoms with Gasteiger partial charge in [-0.3, -0.25) is 0 Å². The van der Waals surface area contributed by atoms with Crippen molar-refractivity contribution >= 4 is 27.7 Å². The molecule has 1 nitrogen and oxygen atoms in total. The summed E-state index contributed by atoms with van der Waals surface area (Å²) in [6.07, 6.45) is 0.